The third kappa shape index (κ3) is 3.09. The van der Waals surface area contributed by atoms with Crippen LogP contribution in [0.1, 0.15) is 30.4 Å². The Morgan fingerprint density at radius 1 is 1.42 bits per heavy atom. The normalized spacial score (nSPS) is 30.1. The van der Waals surface area contributed by atoms with Crippen LogP contribution in [0, 0.1) is 24.2 Å². The number of carbonyl (C=O) groups is 1. The second-order valence-corrected chi connectivity index (χ2v) is 8.08. The number of nitrogens with zero attached hydrogens (tertiary/aromatic N) is 1. The molecule has 0 aromatic heterocycles. The molecule has 24 heavy (non-hydrogen) atoms. The predicted octanol–water partition coefficient (Wildman–Crippen LogP) is 2.36. The van der Waals surface area contributed by atoms with Crippen molar-refractivity contribution in [2.45, 2.75) is 32.7 Å². The van der Waals surface area contributed by atoms with Gasteiger partial charge in [0.15, 0.2) is 0 Å². The Hall–Kier alpha value is -1.39. The molecule has 0 unspecified atom stereocenters. The fraction of sp³-hybridized carbons (Fsp3) is 0.650. The zero-order valence-electron chi connectivity index (χ0n) is 14.6. The summed E-state index contributed by atoms with van der Waals surface area (Å²) in [7, 11) is 0. The van der Waals surface area contributed by atoms with E-state index in [9.17, 15) is 4.79 Å². The number of amides is 1. The van der Waals surface area contributed by atoms with Crippen LogP contribution in [0.5, 0.6) is 0 Å². The number of hydrogen-bond acceptors (Lipinski definition) is 3. The highest BCUT2D eigenvalue weighted by Crippen LogP contribution is 2.41. The van der Waals surface area contributed by atoms with Crippen molar-refractivity contribution in [2.75, 3.05) is 32.8 Å². The van der Waals surface area contributed by atoms with E-state index in [4.69, 9.17) is 4.74 Å². The van der Waals surface area contributed by atoms with E-state index in [1.165, 1.54) is 17.5 Å². The number of benzene rings is 1. The monoisotopic (exact) mass is 328 g/mol. The van der Waals surface area contributed by atoms with Gasteiger partial charge in [0.05, 0.1) is 13.2 Å². The molecule has 1 N–H and O–H groups in total. The first kappa shape index (κ1) is 16.1. The fourth-order valence-electron chi connectivity index (χ4n) is 4.46. The number of nitrogens with one attached hydrogen (secondary N) is 1. The molecule has 2 saturated heterocycles. The maximum absolute atomic E-state index is 12.2. The molecule has 4 heteroatoms. The molecule has 1 aliphatic carbocycles. The van der Waals surface area contributed by atoms with Crippen LogP contribution in [0.15, 0.2) is 24.3 Å². The van der Waals surface area contributed by atoms with Crippen LogP contribution in [0.4, 0.5) is 0 Å². The van der Waals surface area contributed by atoms with Crippen molar-refractivity contribution < 1.29 is 9.53 Å². The molecule has 1 aromatic carbocycles. The van der Waals surface area contributed by atoms with E-state index < -0.39 is 0 Å². The second kappa shape index (κ2) is 6.49. The quantitative estimate of drug-likeness (QED) is 0.902. The van der Waals surface area contributed by atoms with Crippen molar-refractivity contribution in [1.82, 2.24) is 10.2 Å². The average Bonchev–Trinajstić information content (AvgIpc) is 3.00. The highest BCUT2D eigenvalue weighted by atomic mass is 16.5. The Morgan fingerprint density at radius 2 is 2.29 bits per heavy atom. The lowest BCUT2D eigenvalue weighted by molar-refractivity contribution is -0.127. The molecule has 0 bridgehead atoms. The van der Waals surface area contributed by atoms with Crippen LogP contribution in [0.25, 0.3) is 0 Å². The Morgan fingerprint density at radius 3 is 3.04 bits per heavy atom. The van der Waals surface area contributed by atoms with Crippen LogP contribution in [0.2, 0.25) is 0 Å². The third-order valence-corrected chi connectivity index (χ3v) is 6.17. The van der Waals surface area contributed by atoms with Crippen molar-refractivity contribution in [2.24, 2.45) is 17.3 Å². The van der Waals surface area contributed by atoms with Crippen molar-refractivity contribution in [3.8, 4) is 0 Å². The molecular formula is C20H28N2O2. The first-order chi connectivity index (χ1) is 11.6. The highest BCUT2D eigenvalue weighted by Gasteiger charge is 2.50. The van der Waals surface area contributed by atoms with E-state index in [1.54, 1.807) is 0 Å². The van der Waals surface area contributed by atoms with Crippen LogP contribution in [0.3, 0.4) is 0 Å². The summed E-state index contributed by atoms with van der Waals surface area (Å²) in [6.07, 6.45) is 3.34. The van der Waals surface area contributed by atoms with Gasteiger partial charge in [-0.3, -0.25) is 9.69 Å². The van der Waals surface area contributed by atoms with Crippen LogP contribution in [-0.2, 0) is 16.1 Å². The van der Waals surface area contributed by atoms with Gasteiger partial charge in [-0.15, -0.1) is 0 Å². The van der Waals surface area contributed by atoms with Gasteiger partial charge >= 0.3 is 0 Å². The SMILES string of the molecule is Cc1cccc(CN2C[C@@H]3COC[C@]3(CNC(=O)C3CCC3)C2)c1. The van der Waals surface area contributed by atoms with Gasteiger partial charge in [0.2, 0.25) is 5.91 Å². The van der Waals surface area contributed by atoms with Gasteiger partial charge in [0.1, 0.15) is 0 Å². The molecule has 1 amide bonds. The zero-order valence-corrected chi connectivity index (χ0v) is 14.6. The Balaban J connectivity index is 1.38. The molecule has 4 rings (SSSR count). The fourth-order valence-corrected chi connectivity index (χ4v) is 4.46. The molecule has 2 aliphatic heterocycles. The maximum atomic E-state index is 12.2. The summed E-state index contributed by atoms with van der Waals surface area (Å²) in [5, 5.41) is 3.24. The summed E-state index contributed by atoms with van der Waals surface area (Å²) < 4.78 is 5.79. The van der Waals surface area contributed by atoms with Gasteiger partial charge in [0, 0.05) is 43.4 Å². The van der Waals surface area contributed by atoms with Crippen molar-refractivity contribution in [3.63, 3.8) is 0 Å². The Kier molecular flexibility index (Phi) is 4.35. The van der Waals surface area contributed by atoms with Gasteiger partial charge in [-0.25, -0.2) is 0 Å². The summed E-state index contributed by atoms with van der Waals surface area (Å²) in [6, 6.07) is 8.77. The zero-order chi connectivity index (χ0) is 16.6. The highest BCUT2D eigenvalue weighted by molar-refractivity contribution is 5.79. The summed E-state index contributed by atoms with van der Waals surface area (Å²) in [4.78, 5) is 14.8. The number of ether oxygens (including phenoxy) is 1. The molecule has 0 spiro atoms. The second-order valence-electron chi connectivity index (χ2n) is 8.08. The third-order valence-electron chi connectivity index (χ3n) is 6.17. The topological polar surface area (TPSA) is 41.6 Å². The number of carbonyl (C=O) groups excluding carboxylic acids is 1. The van der Waals surface area contributed by atoms with E-state index in [1.807, 2.05) is 0 Å². The Labute approximate surface area is 144 Å². The first-order valence-corrected chi connectivity index (χ1v) is 9.28. The minimum Gasteiger partial charge on any atom is -0.380 e. The number of rotatable bonds is 5. The van der Waals surface area contributed by atoms with E-state index >= 15 is 0 Å². The lowest BCUT2D eigenvalue weighted by Gasteiger charge is -2.30. The van der Waals surface area contributed by atoms with Gasteiger partial charge in [-0.2, -0.15) is 0 Å². The molecule has 3 aliphatic rings. The lowest BCUT2D eigenvalue weighted by atomic mass is 9.80. The van der Waals surface area contributed by atoms with E-state index in [2.05, 4.69) is 41.4 Å². The average molecular weight is 328 g/mol. The standard InChI is InChI=1S/C20H28N2O2/c1-15-4-2-5-16(8-15)9-22-10-18-11-24-14-20(18,13-22)12-21-19(23)17-6-3-7-17/h2,4-5,8,17-18H,3,6-7,9-14H2,1H3,(H,21,23)/t18-,20+/m1/s1. The smallest absolute Gasteiger partial charge is 0.223 e. The largest absolute Gasteiger partial charge is 0.380 e. The molecule has 1 aromatic rings. The predicted molar refractivity (Wildman–Crippen MR) is 93.5 cm³/mol. The van der Waals surface area contributed by atoms with Gasteiger partial charge in [-0.1, -0.05) is 36.2 Å². The lowest BCUT2D eigenvalue weighted by Crippen LogP contribution is -2.45. The number of aryl methyl sites for hydroxylation is 1. The molecule has 4 nitrogen and oxygen atoms in total. The minimum atomic E-state index is 0.114. The van der Waals surface area contributed by atoms with Gasteiger partial charge < -0.3 is 10.1 Å². The van der Waals surface area contributed by atoms with E-state index in [0.717, 1.165) is 52.2 Å². The maximum Gasteiger partial charge on any atom is 0.223 e. The number of fused-ring (bicyclic) bond motifs is 1. The Bertz CT molecular complexity index is 613. The minimum absolute atomic E-state index is 0.114. The summed E-state index contributed by atoms with van der Waals surface area (Å²) >= 11 is 0. The molecular weight excluding hydrogens is 300 g/mol. The van der Waals surface area contributed by atoms with Crippen LogP contribution in [-0.4, -0.2) is 43.7 Å². The summed E-state index contributed by atoms with van der Waals surface area (Å²) in [5.41, 5.74) is 2.81. The molecule has 2 atom stereocenters. The van der Waals surface area contributed by atoms with Gasteiger partial charge in [0.25, 0.3) is 0 Å². The van der Waals surface area contributed by atoms with E-state index in [-0.39, 0.29) is 17.2 Å². The molecule has 1 saturated carbocycles. The van der Waals surface area contributed by atoms with Crippen molar-refractivity contribution >= 4 is 5.91 Å². The molecule has 3 fully saturated rings. The molecule has 0 radical (unpaired) electrons. The number of likely N-dealkylation sites (tertiary alicyclic amines) is 1. The van der Waals surface area contributed by atoms with Crippen LogP contribution < -0.4 is 5.32 Å². The molecule has 2 heterocycles. The van der Waals surface area contributed by atoms with Crippen molar-refractivity contribution in [3.05, 3.63) is 35.4 Å². The summed E-state index contributed by atoms with van der Waals surface area (Å²) in [6.45, 7) is 7.64. The summed E-state index contributed by atoms with van der Waals surface area (Å²) in [5.74, 6) is 1.08. The molecule has 130 valence electrons. The van der Waals surface area contributed by atoms with Crippen molar-refractivity contribution in [1.29, 1.82) is 0 Å². The van der Waals surface area contributed by atoms with Gasteiger partial charge in [-0.05, 0) is 25.3 Å². The van der Waals surface area contributed by atoms with E-state index in [0.29, 0.717) is 5.92 Å². The number of hydrogen-bond donors (Lipinski definition) is 1. The first-order valence-electron chi connectivity index (χ1n) is 9.28. The van der Waals surface area contributed by atoms with Crippen LogP contribution >= 0.6 is 0 Å².